The number of carbonyl (C=O) groups excluding carboxylic acids is 1. The van der Waals surface area contributed by atoms with Crippen LogP contribution >= 0.6 is 11.8 Å². The number of amides is 1. The molecule has 0 bridgehead atoms. The van der Waals surface area contributed by atoms with E-state index in [-0.39, 0.29) is 23.9 Å². The summed E-state index contributed by atoms with van der Waals surface area (Å²) in [6.07, 6.45) is 0. The molecule has 0 radical (unpaired) electrons. The molecule has 0 aliphatic carbocycles. The highest BCUT2D eigenvalue weighted by molar-refractivity contribution is 7.99. The molecule has 1 amide bonds. The highest BCUT2D eigenvalue weighted by Crippen LogP contribution is 2.30. The van der Waals surface area contributed by atoms with Gasteiger partial charge in [0.15, 0.2) is 11.5 Å². The predicted molar refractivity (Wildman–Crippen MR) is 109 cm³/mol. The Kier molecular flexibility index (Phi) is 7.08. The van der Waals surface area contributed by atoms with Crippen LogP contribution < -0.4 is 9.47 Å². The molecule has 0 unspecified atom stereocenters. The van der Waals surface area contributed by atoms with Gasteiger partial charge in [0.2, 0.25) is 15.9 Å². The summed E-state index contributed by atoms with van der Waals surface area (Å²) in [5, 5.41) is 0. The van der Waals surface area contributed by atoms with Gasteiger partial charge in [0.1, 0.15) is 0 Å². The summed E-state index contributed by atoms with van der Waals surface area (Å²) in [4.78, 5) is 16.6. The van der Waals surface area contributed by atoms with E-state index < -0.39 is 10.0 Å². The first-order valence-corrected chi connectivity index (χ1v) is 11.8. The fourth-order valence-electron chi connectivity index (χ4n) is 3.35. The lowest BCUT2D eigenvalue weighted by Crippen LogP contribution is -2.53. The molecule has 0 N–H and O–H groups in total. The molecule has 1 aromatic carbocycles. The van der Waals surface area contributed by atoms with Gasteiger partial charge in [0.05, 0.1) is 25.7 Å². The standard InChI is InChI=1S/C18H27N3O5S2/c1-25-16-4-3-15(13-17(16)26-2)28(23,24)21-7-5-20(6-8-21)18(22)14-19-9-11-27-12-10-19/h3-4,13H,5-12,14H2,1-2H3. The van der Waals surface area contributed by atoms with Crippen LogP contribution in [0.3, 0.4) is 0 Å². The molecule has 156 valence electrons. The third-order valence-corrected chi connectivity index (χ3v) is 7.88. The topological polar surface area (TPSA) is 79.4 Å². The third kappa shape index (κ3) is 4.73. The number of rotatable bonds is 6. The van der Waals surface area contributed by atoms with Crippen molar-refractivity contribution in [2.45, 2.75) is 4.90 Å². The lowest BCUT2D eigenvalue weighted by Gasteiger charge is -2.35. The first-order chi connectivity index (χ1) is 13.5. The van der Waals surface area contributed by atoms with E-state index >= 15 is 0 Å². The monoisotopic (exact) mass is 429 g/mol. The quantitative estimate of drug-likeness (QED) is 0.655. The van der Waals surface area contributed by atoms with Crippen LogP contribution in [0.1, 0.15) is 0 Å². The van der Waals surface area contributed by atoms with Crippen LogP contribution in [0.4, 0.5) is 0 Å². The Morgan fingerprint density at radius 1 is 1.00 bits per heavy atom. The van der Waals surface area contributed by atoms with Crippen LogP contribution in [0.5, 0.6) is 11.5 Å². The summed E-state index contributed by atoms with van der Waals surface area (Å²) in [7, 11) is -0.672. The molecule has 0 saturated carbocycles. The van der Waals surface area contributed by atoms with E-state index in [0.717, 1.165) is 24.6 Å². The molecule has 10 heteroatoms. The van der Waals surface area contributed by atoms with Crippen molar-refractivity contribution in [1.82, 2.24) is 14.1 Å². The average Bonchev–Trinajstić information content (AvgIpc) is 2.74. The van der Waals surface area contributed by atoms with Crippen molar-refractivity contribution in [1.29, 1.82) is 0 Å². The van der Waals surface area contributed by atoms with Gasteiger partial charge in [-0.15, -0.1) is 0 Å². The number of thioether (sulfide) groups is 1. The van der Waals surface area contributed by atoms with Crippen molar-refractivity contribution in [3.63, 3.8) is 0 Å². The minimum absolute atomic E-state index is 0.0788. The number of hydrogen-bond donors (Lipinski definition) is 0. The van der Waals surface area contributed by atoms with Crippen molar-refractivity contribution < 1.29 is 22.7 Å². The zero-order chi connectivity index (χ0) is 20.1. The maximum atomic E-state index is 13.0. The van der Waals surface area contributed by atoms with Gasteiger partial charge < -0.3 is 14.4 Å². The number of ether oxygens (including phenoxy) is 2. The number of methoxy groups -OCH3 is 2. The second-order valence-corrected chi connectivity index (χ2v) is 9.85. The Bertz CT molecular complexity index is 788. The number of hydrogen-bond acceptors (Lipinski definition) is 7. The lowest BCUT2D eigenvalue weighted by molar-refractivity contribution is -0.133. The largest absolute Gasteiger partial charge is 0.493 e. The molecule has 3 rings (SSSR count). The fraction of sp³-hybridized carbons (Fsp3) is 0.611. The van der Waals surface area contributed by atoms with Crippen LogP contribution in [0.25, 0.3) is 0 Å². The molecule has 1 aromatic rings. The molecular weight excluding hydrogens is 402 g/mol. The van der Waals surface area contributed by atoms with Crippen molar-refractivity contribution >= 4 is 27.7 Å². The van der Waals surface area contributed by atoms with Gasteiger partial charge in [-0.05, 0) is 12.1 Å². The molecule has 0 atom stereocenters. The summed E-state index contributed by atoms with van der Waals surface area (Å²) < 4.78 is 37.7. The second kappa shape index (κ2) is 9.34. The summed E-state index contributed by atoms with van der Waals surface area (Å²) >= 11 is 1.91. The third-order valence-electron chi connectivity index (χ3n) is 5.05. The molecule has 2 aliphatic heterocycles. The Hall–Kier alpha value is -1.49. The number of sulfonamides is 1. The SMILES string of the molecule is COc1ccc(S(=O)(=O)N2CCN(C(=O)CN3CCSCC3)CC2)cc1OC. The summed E-state index contributed by atoms with van der Waals surface area (Å²) in [5.74, 6) is 3.05. The fourth-order valence-corrected chi connectivity index (χ4v) is 5.77. The first-order valence-electron chi connectivity index (χ1n) is 9.26. The summed E-state index contributed by atoms with van der Waals surface area (Å²) in [6.45, 7) is 3.69. The maximum Gasteiger partial charge on any atom is 0.243 e. The van der Waals surface area contributed by atoms with Crippen LogP contribution in [0.2, 0.25) is 0 Å². The molecule has 0 aromatic heterocycles. The molecule has 2 fully saturated rings. The maximum absolute atomic E-state index is 13.0. The Morgan fingerprint density at radius 3 is 2.25 bits per heavy atom. The van der Waals surface area contributed by atoms with Crippen LogP contribution in [0.15, 0.2) is 23.1 Å². The van der Waals surface area contributed by atoms with E-state index in [4.69, 9.17) is 9.47 Å². The van der Waals surface area contributed by atoms with Gasteiger partial charge in [-0.3, -0.25) is 9.69 Å². The normalized spacial score (nSPS) is 19.4. The van der Waals surface area contributed by atoms with E-state index in [1.165, 1.54) is 30.7 Å². The molecule has 8 nitrogen and oxygen atoms in total. The van der Waals surface area contributed by atoms with E-state index in [0.29, 0.717) is 31.1 Å². The Labute approximate surface area is 170 Å². The van der Waals surface area contributed by atoms with E-state index in [9.17, 15) is 13.2 Å². The molecule has 0 spiro atoms. The zero-order valence-electron chi connectivity index (χ0n) is 16.3. The van der Waals surface area contributed by atoms with Gasteiger partial charge in [-0.2, -0.15) is 16.1 Å². The average molecular weight is 430 g/mol. The smallest absolute Gasteiger partial charge is 0.243 e. The summed E-state index contributed by atoms with van der Waals surface area (Å²) in [6, 6.07) is 4.57. The van der Waals surface area contributed by atoms with Gasteiger partial charge in [0.25, 0.3) is 0 Å². The molecular formula is C18H27N3O5S2. The number of benzene rings is 1. The second-order valence-electron chi connectivity index (χ2n) is 6.69. The minimum Gasteiger partial charge on any atom is -0.493 e. The van der Waals surface area contributed by atoms with Crippen LogP contribution in [-0.4, -0.2) is 100.0 Å². The molecule has 2 aliphatic rings. The number of piperazine rings is 1. The van der Waals surface area contributed by atoms with Crippen molar-refractivity contribution in [3.05, 3.63) is 18.2 Å². The first kappa shape index (κ1) is 21.2. The highest BCUT2D eigenvalue weighted by atomic mass is 32.2. The van der Waals surface area contributed by atoms with Crippen molar-refractivity contribution in [2.24, 2.45) is 0 Å². The van der Waals surface area contributed by atoms with E-state index in [1.54, 1.807) is 11.0 Å². The predicted octanol–water partition coefficient (Wildman–Crippen LogP) is 0.586. The molecule has 2 saturated heterocycles. The number of nitrogens with zero attached hydrogens (tertiary/aromatic N) is 3. The summed E-state index contributed by atoms with van der Waals surface area (Å²) in [5.41, 5.74) is 0. The zero-order valence-corrected chi connectivity index (χ0v) is 17.9. The number of carbonyl (C=O) groups is 1. The van der Waals surface area contributed by atoms with Crippen molar-refractivity contribution in [2.75, 3.05) is 71.5 Å². The Morgan fingerprint density at radius 2 is 1.64 bits per heavy atom. The molecule has 28 heavy (non-hydrogen) atoms. The van der Waals surface area contributed by atoms with Gasteiger partial charge in [0, 0.05) is 56.8 Å². The van der Waals surface area contributed by atoms with Gasteiger partial charge >= 0.3 is 0 Å². The van der Waals surface area contributed by atoms with Crippen LogP contribution in [0, 0.1) is 0 Å². The van der Waals surface area contributed by atoms with Gasteiger partial charge in [-0.25, -0.2) is 8.42 Å². The van der Waals surface area contributed by atoms with Crippen LogP contribution in [-0.2, 0) is 14.8 Å². The van der Waals surface area contributed by atoms with Gasteiger partial charge in [-0.1, -0.05) is 0 Å². The molecule has 2 heterocycles. The Balaban J connectivity index is 1.61. The van der Waals surface area contributed by atoms with E-state index in [1.807, 2.05) is 11.8 Å². The van der Waals surface area contributed by atoms with Crippen molar-refractivity contribution in [3.8, 4) is 11.5 Å². The highest BCUT2D eigenvalue weighted by Gasteiger charge is 2.31. The lowest BCUT2D eigenvalue weighted by atomic mass is 10.3. The minimum atomic E-state index is -3.65. The van der Waals surface area contributed by atoms with E-state index in [2.05, 4.69) is 4.90 Å².